The molecule has 1 saturated heterocycles. The third kappa shape index (κ3) is 5.26. The number of guanidine groups is 1. The highest BCUT2D eigenvalue weighted by molar-refractivity contribution is 5.79. The number of benzene rings is 1. The van der Waals surface area contributed by atoms with E-state index in [1.54, 1.807) is 13.0 Å². The van der Waals surface area contributed by atoms with Gasteiger partial charge in [0.05, 0.1) is 19.2 Å². The summed E-state index contributed by atoms with van der Waals surface area (Å²) in [6.45, 7) is 6.16. The van der Waals surface area contributed by atoms with Crippen LogP contribution in [-0.2, 0) is 24.9 Å². The van der Waals surface area contributed by atoms with E-state index in [1.165, 1.54) is 6.07 Å². The molecule has 0 spiro atoms. The topological polar surface area (TPSA) is 76.4 Å². The van der Waals surface area contributed by atoms with E-state index in [0.717, 1.165) is 36.7 Å². The first-order valence-electron chi connectivity index (χ1n) is 9.26. The SMILES string of the molecule is Cc1cc(CN=C(NCc2nnc(C)n2C)NCC2CCCO2)ccc1F. The summed E-state index contributed by atoms with van der Waals surface area (Å²) in [6.07, 6.45) is 2.36. The van der Waals surface area contributed by atoms with Crippen LogP contribution in [0, 0.1) is 19.7 Å². The lowest BCUT2D eigenvalue weighted by molar-refractivity contribution is 0.113. The molecule has 1 aromatic heterocycles. The Labute approximate surface area is 159 Å². The van der Waals surface area contributed by atoms with E-state index in [1.807, 2.05) is 24.6 Å². The fourth-order valence-electron chi connectivity index (χ4n) is 2.93. The summed E-state index contributed by atoms with van der Waals surface area (Å²) < 4.78 is 21.1. The molecule has 8 heteroatoms. The molecular formula is C19H27FN6O. The first-order valence-corrected chi connectivity index (χ1v) is 9.26. The van der Waals surface area contributed by atoms with Crippen LogP contribution in [0.2, 0.25) is 0 Å². The van der Waals surface area contributed by atoms with Gasteiger partial charge in [0.1, 0.15) is 11.6 Å². The lowest BCUT2D eigenvalue weighted by Gasteiger charge is -2.15. The summed E-state index contributed by atoms with van der Waals surface area (Å²) in [7, 11) is 1.93. The first-order chi connectivity index (χ1) is 13.0. The lowest BCUT2D eigenvalue weighted by atomic mass is 10.1. The number of aliphatic imine (C=N–C) groups is 1. The lowest BCUT2D eigenvalue weighted by Crippen LogP contribution is -2.41. The number of nitrogens with one attached hydrogen (secondary N) is 2. The summed E-state index contributed by atoms with van der Waals surface area (Å²) in [5.41, 5.74) is 1.58. The van der Waals surface area contributed by atoms with Crippen LogP contribution in [0.1, 0.15) is 35.6 Å². The molecule has 1 aliphatic rings. The Morgan fingerprint density at radius 1 is 1.33 bits per heavy atom. The molecule has 0 saturated carbocycles. The van der Waals surface area contributed by atoms with Crippen LogP contribution >= 0.6 is 0 Å². The van der Waals surface area contributed by atoms with E-state index in [4.69, 9.17) is 4.74 Å². The van der Waals surface area contributed by atoms with Gasteiger partial charge in [-0.1, -0.05) is 12.1 Å². The normalized spacial score (nSPS) is 17.3. The standard InChI is InChI=1S/C19H27FN6O/c1-13-9-15(6-7-17(13)20)10-21-19(22-11-16-5-4-8-27-16)23-12-18-25-24-14(2)26(18)3/h6-7,9,16H,4-5,8,10-12H2,1-3H3,(H2,21,22,23). The number of hydrogen-bond donors (Lipinski definition) is 2. The van der Waals surface area contributed by atoms with Crippen LogP contribution in [0.5, 0.6) is 0 Å². The van der Waals surface area contributed by atoms with E-state index < -0.39 is 0 Å². The van der Waals surface area contributed by atoms with Crippen molar-refractivity contribution in [1.29, 1.82) is 0 Å². The van der Waals surface area contributed by atoms with Crippen LogP contribution < -0.4 is 10.6 Å². The molecule has 7 nitrogen and oxygen atoms in total. The largest absolute Gasteiger partial charge is 0.376 e. The molecule has 1 fully saturated rings. The third-order valence-electron chi connectivity index (χ3n) is 4.76. The van der Waals surface area contributed by atoms with E-state index >= 15 is 0 Å². The fourth-order valence-corrected chi connectivity index (χ4v) is 2.93. The average Bonchev–Trinajstić information content (AvgIpc) is 3.28. The Kier molecular flexibility index (Phi) is 6.39. The summed E-state index contributed by atoms with van der Waals surface area (Å²) >= 11 is 0. The van der Waals surface area contributed by atoms with E-state index in [-0.39, 0.29) is 11.9 Å². The minimum Gasteiger partial charge on any atom is -0.376 e. The van der Waals surface area contributed by atoms with Gasteiger partial charge < -0.3 is 19.9 Å². The Hall–Kier alpha value is -2.48. The van der Waals surface area contributed by atoms with Gasteiger partial charge in [0.15, 0.2) is 11.8 Å². The molecule has 0 aliphatic carbocycles. The number of ether oxygens (including phenoxy) is 1. The Balaban J connectivity index is 1.65. The quantitative estimate of drug-likeness (QED) is 0.597. The zero-order valence-corrected chi connectivity index (χ0v) is 16.1. The molecule has 0 amide bonds. The van der Waals surface area contributed by atoms with Gasteiger partial charge in [-0.3, -0.25) is 0 Å². The number of halogens is 1. The maximum absolute atomic E-state index is 13.4. The van der Waals surface area contributed by atoms with Gasteiger partial charge in [0, 0.05) is 20.2 Å². The van der Waals surface area contributed by atoms with Crippen molar-refractivity contribution in [3.05, 3.63) is 46.8 Å². The maximum Gasteiger partial charge on any atom is 0.192 e. The molecule has 1 atom stereocenters. The number of aryl methyl sites for hydroxylation is 2. The number of rotatable bonds is 6. The van der Waals surface area contributed by atoms with Crippen LogP contribution in [-0.4, -0.2) is 40.0 Å². The van der Waals surface area contributed by atoms with Crippen LogP contribution in [0.4, 0.5) is 4.39 Å². The minimum atomic E-state index is -0.199. The number of hydrogen-bond acceptors (Lipinski definition) is 4. The predicted octanol–water partition coefficient (Wildman–Crippen LogP) is 1.99. The third-order valence-corrected chi connectivity index (χ3v) is 4.76. The van der Waals surface area contributed by atoms with Gasteiger partial charge in [-0.05, 0) is 43.9 Å². The van der Waals surface area contributed by atoms with Crippen molar-refractivity contribution in [2.24, 2.45) is 12.0 Å². The number of aromatic nitrogens is 3. The van der Waals surface area contributed by atoms with Crippen LogP contribution in [0.25, 0.3) is 0 Å². The highest BCUT2D eigenvalue weighted by atomic mass is 19.1. The fraction of sp³-hybridized carbons (Fsp3) is 0.526. The van der Waals surface area contributed by atoms with Gasteiger partial charge >= 0.3 is 0 Å². The highest BCUT2D eigenvalue weighted by Gasteiger charge is 2.16. The van der Waals surface area contributed by atoms with Crippen molar-refractivity contribution in [3.8, 4) is 0 Å². The Bertz CT molecular complexity index is 797. The molecule has 146 valence electrons. The van der Waals surface area contributed by atoms with Crippen molar-refractivity contribution in [2.75, 3.05) is 13.2 Å². The highest BCUT2D eigenvalue weighted by Crippen LogP contribution is 2.11. The predicted molar refractivity (Wildman–Crippen MR) is 102 cm³/mol. The second-order valence-electron chi connectivity index (χ2n) is 6.84. The van der Waals surface area contributed by atoms with Crippen LogP contribution in [0.3, 0.4) is 0 Å². The van der Waals surface area contributed by atoms with E-state index in [0.29, 0.717) is 31.2 Å². The number of nitrogens with zero attached hydrogens (tertiary/aromatic N) is 4. The summed E-state index contributed by atoms with van der Waals surface area (Å²) in [5.74, 6) is 2.17. The zero-order chi connectivity index (χ0) is 19.2. The van der Waals surface area contributed by atoms with Gasteiger partial charge in [0.25, 0.3) is 0 Å². The molecule has 0 bridgehead atoms. The summed E-state index contributed by atoms with van der Waals surface area (Å²) in [4.78, 5) is 4.64. The summed E-state index contributed by atoms with van der Waals surface area (Å²) in [6, 6.07) is 5.06. The minimum absolute atomic E-state index is 0.199. The smallest absolute Gasteiger partial charge is 0.192 e. The molecule has 2 heterocycles. The molecule has 0 radical (unpaired) electrons. The molecule has 2 N–H and O–H groups in total. The van der Waals surface area contributed by atoms with Crippen molar-refractivity contribution >= 4 is 5.96 Å². The van der Waals surface area contributed by atoms with Crippen molar-refractivity contribution < 1.29 is 9.13 Å². The van der Waals surface area contributed by atoms with Gasteiger partial charge in [-0.25, -0.2) is 9.38 Å². The van der Waals surface area contributed by atoms with Gasteiger partial charge in [0.2, 0.25) is 0 Å². The molecule has 1 aromatic carbocycles. The van der Waals surface area contributed by atoms with Crippen molar-refractivity contribution in [2.45, 2.75) is 45.9 Å². The monoisotopic (exact) mass is 374 g/mol. The average molecular weight is 374 g/mol. The first kappa shape index (κ1) is 19.3. The molecule has 2 aromatic rings. The second-order valence-corrected chi connectivity index (χ2v) is 6.84. The van der Waals surface area contributed by atoms with E-state index in [2.05, 4.69) is 25.8 Å². The van der Waals surface area contributed by atoms with Gasteiger partial charge in [-0.15, -0.1) is 10.2 Å². The molecule has 3 rings (SSSR count). The second kappa shape index (κ2) is 8.94. The Morgan fingerprint density at radius 2 is 2.19 bits per heavy atom. The van der Waals surface area contributed by atoms with Crippen molar-refractivity contribution in [1.82, 2.24) is 25.4 Å². The summed E-state index contributed by atoms with van der Waals surface area (Å²) in [5, 5.41) is 14.9. The van der Waals surface area contributed by atoms with Gasteiger partial charge in [-0.2, -0.15) is 0 Å². The molecule has 1 aliphatic heterocycles. The molecule has 1 unspecified atom stereocenters. The Morgan fingerprint density at radius 3 is 2.85 bits per heavy atom. The molecule has 27 heavy (non-hydrogen) atoms. The van der Waals surface area contributed by atoms with E-state index in [9.17, 15) is 4.39 Å². The van der Waals surface area contributed by atoms with Crippen molar-refractivity contribution in [3.63, 3.8) is 0 Å². The zero-order valence-electron chi connectivity index (χ0n) is 16.1. The molecular weight excluding hydrogens is 347 g/mol. The maximum atomic E-state index is 13.4. The van der Waals surface area contributed by atoms with Crippen LogP contribution in [0.15, 0.2) is 23.2 Å².